The average molecular weight is 131 g/mol. The minimum absolute atomic E-state index is 0.685. The molecule has 1 unspecified atom stereocenters. The maximum Gasteiger partial charge on any atom is 0.0719 e. The Morgan fingerprint density at radius 2 is 2.71 bits per heavy atom. The fourth-order valence-electron chi connectivity index (χ4n) is 0.408. The molecule has 0 spiro atoms. The summed E-state index contributed by atoms with van der Waals surface area (Å²) >= 11 is 3.74. The maximum absolute atomic E-state index is 3.69. The van der Waals surface area contributed by atoms with Gasteiger partial charge in [0.15, 0.2) is 0 Å². The molecule has 1 aliphatic rings. The van der Waals surface area contributed by atoms with Crippen LogP contribution in [0.3, 0.4) is 0 Å². The zero-order chi connectivity index (χ0) is 5.11. The Morgan fingerprint density at radius 1 is 1.86 bits per heavy atom. The zero-order valence-electron chi connectivity index (χ0n) is 3.96. The van der Waals surface area contributed by atoms with Crippen molar-refractivity contribution in [1.82, 2.24) is 0 Å². The van der Waals surface area contributed by atoms with Crippen LogP contribution >= 0.6 is 23.5 Å². The Labute approximate surface area is 52.7 Å². The van der Waals surface area contributed by atoms with Crippen molar-refractivity contribution >= 4 is 23.5 Å². The molecule has 0 aromatic rings. The average Bonchev–Trinajstić information content (AvgIpc) is 2.14. The standard InChI is InChI=1S/C5H7S2/c1-2-5-3-6-4-7-5/h2,4-5H,1,3H2. The van der Waals surface area contributed by atoms with Gasteiger partial charge in [-0.15, -0.1) is 30.1 Å². The van der Waals surface area contributed by atoms with E-state index in [9.17, 15) is 0 Å². The van der Waals surface area contributed by atoms with Crippen LogP contribution in [0.4, 0.5) is 0 Å². The first-order chi connectivity index (χ1) is 3.43. The van der Waals surface area contributed by atoms with Crippen LogP contribution in [0.2, 0.25) is 0 Å². The highest BCUT2D eigenvalue weighted by Crippen LogP contribution is 2.34. The van der Waals surface area contributed by atoms with E-state index in [1.165, 1.54) is 5.75 Å². The molecule has 0 aromatic heterocycles. The highest BCUT2D eigenvalue weighted by molar-refractivity contribution is 8.22. The molecule has 2 heteroatoms. The third-order valence-corrected chi connectivity index (χ3v) is 3.28. The van der Waals surface area contributed by atoms with Gasteiger partial charge in [-0.1, -0.05) is 6.08 Å². The molecule has 1 heterocycles. The summed E-state index contributed by atoms with van der Waals surface area (Å²) in [6.45, 7) is 3.69. The first-order valence-electron chi connectivity index (χ1n) is 2.15. The molecular weight excluding hydrogens is 124 g/mol. The molecule has 1 rings (SSSR count). The summed E-state index contributed by atoms with van der Waals surface area (Å²) < 4.78 is 0. The van der Waals surface area contributed by atoms with E-state index < -0.39 is 0 Å². The quantitative estimate of drug-likeness (QED) is 0.500. The lowest BCUT2D eigenvalue weighted by Crippen LogP contribution is -1.91. The lowest BCUT2D eigenvalue weighted by atomic mass is 10.5. The summed E-state index contributed by atoms with van der Waals surface area (Å²) in [7, 11) is 0. The van der Waals surface area contributed by atoms with Crippen LogP contribution in [0.5, 0.6) is 0 Å². The van der Waals surface area contributed by atoms with Crippen LogP contribution in [0.25, 0.3) is 0 Å². The van der Waals surface area contributed by atoms with Gasteiger partial charge in [0.25, 0.3) is 0 Å². The molecule has 0 N–H and O–H groups in total. The molecule has 0 saturated carbocycles. The molecule has 0 aliphatic carbocycles. The second-order valence-electron chi connectivity index (χ2n) is 1.34. The molecular formula is C5H7S2. The first-order valence-corrected chi connectivity index (χ1v) is 4.14. The molecule has 39 valence electrons. The van der Waals surface area contributed by atoms with Crippen LogP contribution in [0, 0.1) is 5.08 Å². The Hall–Kier alpha value is 0.440. The monoisotopic (exact) mass is 131 g/mol. The van der Waals surface area contributed by atoms with Crippen LogP contribution in [0.15, 0.2) is 12.7 Å². The van der Waals surface area contributed by atoms with Crippen LogP contribution < -0.4 is 0 Å². The smallest absolute Gasteiger partial charge is 0.0719 e. The number of thioether (sulfide) groups is 2. The van der Waals surface area contributed by atoms with Gasteiger partial charge >= 0.3 is 0 Å². The van der Waals surface area contributed by atoms with Gasteiger partial charge in [-0.25, -0.2) is 0 Å². The van der Waals surface area contributed by atoms with Gasteiger partial charge in [0.2, 0.25) is 0 Å². The third kappa shape index (κ3) is 1.42. The van der Waals surface area contributed by atoms with Gasteiger partial charge in [0.05, 0.1) is 5.08 Å². The van der Waals surface area contributed by atoms with Gasteiger partial charge in [-0.2, -0.15) is 0 Å². The molecule has 1 saturated heterocycles. The summed E-state index contributed by atoms with van der Waals surface area (Å²) in [4.78, 5) is 0. The van der Waals surface area contributed by atoms with E-state index in [-0.39, 0.29) is 0 Å². The SMILES string of the molecule is C=CC1CS[CH]S1. The number of hydrogen-bond donors (Lipinski definition) is 0. The van der Waals surface area contributed by atoms with Crippen molar-refractivity contribution in [3.05, 3.63) is 17.7 Å². The minimum Gasteiger partial charge on any atom is -0.144 e. The van der Waals surface area contributed by atoms with E-state index >= 15 is 0 Å². The summed E-state index contributed by atoms with van der Waals surface area (Å²) in [5, 5.41) is 2.86. The second-order valence-corrected chi connectivity index (χ2v) is 3.65. The van der Waals surface area contributed by atoms with Crippen molar-refractivity contribution < 1.29 is 0 Å². The Balaban J connectivity index is 2.26. The predicted molar refractivity (Wildman–Crippen MR) is 38.3 cm³/mol. The summed E-state index contributed by atoms with van der Waals surface area (Å²) in [5.41, 5.74) is 0. The van der Waals surface area contributed by atoms with Gasteiger partial charge < -0.3 is 0 Å². The number of rotatable bonds is 1. The highest BCUT2D eigenvalue weighted by atomic mass is 32.2. The normalized spacial score (nSPS) is 30.6. The molecule has 1 radical (unpaired) electrons. The lowest BCUT2D eigenvalue weighted by Gasteiger charge is -1.92. The van der Waals surface area contributed by atoms with Crippen LogP contribution in [-0.4, -0.2) is 11.0 Å². The molecule has 0 nitrogen and oxygen atoms in total. The van der Waals surface area contributed by atoms with Crippen LogP contribution in [-0.2, 0) is 0 Å². The Bertz CT molecular complexity index is 64.5. The fraction of sp³-hybridized carbons (Fsp3) is 0.400. The number of hydrogen-bond acceptors (Lipinski definition) is 2. The second kappa shape index (κ2) is 2.68. The fourth-order valence-corrected chi connectivity index (χ4v) is 2.59. The molecule has 0 aromatic carbocycles. The van der Waals surface area contributed by atoms with E-state index in [1.54, 1.807) is 0 Å². The van der Waals surface area contributed by atoms with Gasteiger partial charge in [-0.05, 0) is 0 Å². The maximum atomic E-state index is 3.69. The molecule has 1 atom stereocenters. The summed E-state index contributed by atoms with van der Waals surface area (Å²) in [6, 6.07) is 0. The molecule has 0 bridgehead atoms. The van der Waals surface area contributed by atoms with Crippen molar-refractivity contribution in [2.75, 3.05) is 5.75 Å². The van der Waals surface area contributed by atoms with Crippen molar-refractivity contribution in [1.29, 1.82) is 0 Å². The van der Waals surface area contributed by atoms with Crippen molar-refractivity contribution in [2.24, 2.45) is 0 Å². The largest absolute Gasteiger partial charge is 0.144 e. The first kappa shape index (κ1) is 5.57. The van der Waals surface area contributed by atoms with E-state index in [2.05, 4.69) is 11.7 Å². The summed E-state index contributed by atoms with van der Waals surface area (Å²) in [6.07, 6.45) is 2.00. The molecule has 1 fully saturated rings. The molecule has 7 heavy (non-hydrogen) atoms. The van der Waals surface area contributed by atoms with Gasteiger partial charge in [0.1, 0.15) is 0 Å². The Morgan fingerprint density at radius 3 is 3.00 bits per heavy atom. The van der Waals surface area contributed by atoms with E-state index in [0.29, 0.717) is 5.25 Å². The molecule has 1 aliphatic heterocycles. The van der Waals surface area contributed by atoms with E-state index in [4.69, 9.17) is 0 Å². The topological polar surface area (TPSA) is 0 Å². The summed E-state index contributed by atoms with van der Waals surface area (Å²) in [5.74, 6) is 1.22. The van der Waals surface area contributed by atoms with E-state index in [0.717, 1.165) is 0 Å². The third-order valence-electron chi connectivity index (χ3n) is 0.822. The minimum atomic E-state index is 0.685. The Kier molecular flexibility index (Phi) is 2.13. The molecule has 0 amide bonds. The van der Waals surface area contributed by atoms with Crippen molar-refractivity contribution in [3.8, 4) is 0 Å². The van der Waals surface area contributed by atoms with Crippen molar-refractivity contribution in [2.45, 2.75) is 5.25 Å². The lowest BCUT2D eigenvalue weighted by molar-refractivity contribution is 1.30. The van der Waals surface area contributed by atoms with Crippen LogP contribution in [0.1, 0.15) is 0 Å². The van der Waals surface area contributed by atoms with E-state index in [1.807, 2.05) is 29.6 Å². The van der Waals surface area contributed by atoms with Crippen molar-refractivity contribution in [3.63, 3.8) is 0 Å². The van der Waals surface area contributed by atoms with Gasteiger partial charge in [0, 0.05) is 11.0 Å². The predicted octanol–water partition coefficient (Wildman–Crippen LogP) is 2.14. The highest BCUT2D eigenvalue weighted by Gasteiger charge is 2.11. The zero-order valence-corrected chi connectivity index (χ0v) is 5.60. The van der Waals surface area contributed by atoms with Gasteiger partial charge in [-0.3, -0.25) is 0 Å².